The minimum Gasteiger partial charge on any atom is -0.376 e. The number of nitrogens with zero attached hydrogens (tertiary/aromatic N) is 4. The van der Waals surface area contributed by atoms with E-state index < -0.39 is 5.60 Å². The highest BCUT2D eigenvalue weighted by Gasteiger charge is 2.37. The normalized spacial score (nSPS) is 11.6. The summed E-state index contributed by atoms with van der Waals surface area (Å²) in [6, 6.07) is 23.0. The first-order valence-electron chi connectivity index (χ1n) is 11.7. The van der Waals surface area contributed by atoms with Gasteiger partial charge < -0.3 is 9.51 Å². The van der Waals surface area contributed by atoms with Gasteiger partial charge in [-0.05, 0) is 42.2 Å². The van der Waals surface area contributed by atoms with E-state index in [1.54, 1.807) is 17.1 Å². The Balaban J connectivity index is 1.62. The third-order valence-electron chi connectivity index (χ3n) is 6.36. The van der Waals surface area contributed by atoms with Gasteiger partial charge >= 0.3 is 0 Å². The fraction of sp³-hybridized carbons (Fsp3) is 0.179. The molecule has 5 aromatic rings. The van der Waals surface area contributed by atoms with Crippen molar-refractivity contribution in [1.29, 1.82) is 0 Å². The van der Waals surface area contributed by atoms with Crippen LogP contribution in [0, 0.1) is 0 Å². The van der Waals surface area contributed by atoms with Crippen molar-refractivity contribution < 1.29 is 9.90 Å². The molecule has 0 fully saturated rings. The zero-order valence-corrected chi connectivity index (χ0v) is 19.7. The van der Waals surface area contributed by atoms with Crippen LogP contribution < -0.4 is 5.32 Å². The first-order chi connectivity index (χ1) is 17.0. The van der Waals surface area contributed by atoms with Crippen LogP contribution in [0.1, 0.15) is 46.5 Å². The van der Waals surface area contributed by atoms with Gasteiger partial charge in [-0.2, -0.15) is 0 Å². The molecule has 1 amide bonds. The smallest absolute Gasteiger partial charge is 0.258 e. The van der Waals surface area contributed by atoms with E-state index in [1.165, 1.54) is 0 Å². The predicted octanol–water partition coefficient (Wildman–Crippen LogP) is 4.65. The van der Waals surface area contributed by atoms with Gasteiger partial charge in [-0.1, -0.05) is 67.6 Å². The minimum atomic E-state index is -1.35. The van der Waals surface area contributed by atoms with E-state index in [2.05, 4.69) is 22.3 Å². The number of benzene rings is 2. The molecular formula is C28H27N5O2. The average molecular weight is 466 g/mol. The summed E-state index contributed by atoms with van der Waals surface area (Å²) in [5.41, 5.74) is 3.35. The number of hydrogen-bond donors (Lipinski definition) is 2. The predicted molar refractivity (Wildman–Crippen MR) is 135 cm³/mol. The maximum Gasteiger partial charge on any atom is 0.258 e. The van der Waals surface area contributed by atoms with E-state index in [0.717, 1.165) is 27.8 Å². The van der Waals surface area contributed by atoms with Gasteiger partial charge in [-0.3, -0.25) is 14.8 Å². The van der Waals surface area contributed by atoms with Crippen LogP contribution in [-0.2, 0) is 18.6 Å². The second-order valence-corrected chi connectivity index (χ2v) is 8.40. The Morgan fingerprint density at radius 2 is 1.66 bits per heavy atom. The van der Waals surface area contributed by atoms with Gasteiger partial charge in [-0.25, -0.2) is 4.98 Å². The van der Waals surface area contributed by atoms with Gasteiger partial charge in [0.05, 0.1) is 0 Å². The molecule has 0 aliphatic rings. The van der Waals surface area contributed by atoms with E-state index in [-0.39, 0.29) is 11.9 Å². The SMILES string of the molecule is CCc1c(C(O)(c2ccccc2)c2ccccc2)cn2ccc(C(=O)Nc3ncn(CC)n3)cc12. The number of amides is 1. The van der Waals surface area contributed by atoms with Crippen LogP contribution in [0.25, 0.3) is 5.52 Å². The lowest BCUT2D eigenvalue weighted by molar-refractivity contribution is 0.102. The fourth-order valence-electron chi connectivity index (χ4n) is 4.56. The Bertz CT molecular complexity index is 1430. The van der Waals surface area contributed by atoms with Crippen LogP contribution in [0.3, 0.4) is 0 Å². The summed E-state index contributed by atoms with van der Waals surface area (Å²) < 4.78 is 3.62. The molecule has 0 aliphatic heterocycles. The monoisotopic (exact) mass is 465 g/mol. The second kappa shape index (κ2) is 9.19. The minimum absolute atomic E-state index is 0.269. The molecule has 0 saturated heterocycles. The Kier molecular flexibility index (Phi) is 5.93. The molecule has 3 aromatic heterocycles. The van der Waals surface area contributed by atoms with Crippen LogP contribution in [0.5, 0.6) is 0 Å². The Morgan fingerprint density at radius 1 is 1.00 bits per heavy atom. The van der Waals surface area contributed by atoms with Crippen molar-refractivity contribution in [2.75, 3.05) is 5.32 Å². The molecule has 2 N–H and O–H groups in total. The van der Waals surface area contributed by atoms with Gasteiger partial charge in [0.15, 0.2) is 0 Å². The van der Waals surface area contributed by atoms with E-state index >= 15 is 0 Å². The van der Waals surface area contributed by atoms with Gasteiger partial charge in [-0.15, -0.1) is 5.10 Å². The summed E-state index contributed by atoms with van der Waals surface area (Å²) in [6.07, 6.45) is 6.07. The number of carbonyl (C=O) groups is 1. The maximum absolute atomic E-state index is 12.9. The van der Waals surface area contributed by atoms with Crippen LogP contribution in [0.2, 0.25) is 0 Å². The van der Waals surface area contributed by atoms with Crippen LogP contribution in [0.15, 0.2) is 91.5 Å². The summed E-state index contributed by atoms with van der Waals surface area (Å²) in [6.45, 7) is 4.69. The van der Waals surface area contributed by atoms with Gasteiger partial charge in [0.1, 0.15) is 11.9 Å². The average Bonchev–Trinajstić information content (AvgIpc) is 3.53. The van der Waals surface area contributed by atoms with Crippen molar-refractivity contribution in [3.05, 3.63) is 119 Å². The molecule has 35 heavy (non-hydrogen) atoms. The van der Waals surface area contributed by atoms with Crippen LogP contribution >= 0.6 is 0 Å². The molecule has 0 saturated carbocycles. The van der Waals surface area contributed by atoms with Crippen molar-refractivity contribution in [1.82, 2.24) is 19.2 Å². The topological polar surface area (TPSA) is 84.5 Å². The molecule has 0 aliphatic carbocycles. The highest BCUT2D eigenvalue weighted by Crippen LogP contribution is 2.40. The molecule has 0 spiro atoms. The first kappa shape index (κ1) is 22.6. The Hall–Kier alpha value is -4.23. The van der Waals surface area contributed by atoms with E-state index in [1.807, 2.05) is 90.4 Å². The number of aromatic nitrogens is 4. The van der Waals surface area contributed by atoms with Crippen LogP contribution in [0.4, 0.5) is 5.95 Å². The van der Waals surface area contributed by atoms with E-state index in [4.69, 9.17) is 0 Å². The molecule has 0 radical (unpaired) electrons. The molecule has 176 valence electrons. The van der Waals surface area contributed by atoms with Gasteiger partial charge in [0.2, 0.25) is 5.95 Å². The summed E-state index contributed by atoms with van der Waals surface area (Å²) in [5.74, 6) is -0.0152. The standard InChI is InChI=1S/C28H27N5O2/c1-3-23-24(28(35,21-11-7-5-8-12-21)22-13-9-6-10-14-22)18-32-16-15-20(17-25(23)32)26(34)30-27-29-19-33(4-2)31-27/h5-19,35H,3-4H2,1-2H3,(H,30,31,34). The highest BCUT2D eigenvalue weighted by molar-refractivity contribution is 6.04. The zero-order valence-electron chi connectivity index (χ0n) is 19.7. The third kappa shape index (κ3) is 4.00. The zero-order chi connectivity index (χ0) is 24.4. The Morgan fingerprint density at radius 3 is 2.23 bits per heavy atom. The number of hydrogen-bond acceptors (Lipinski definition) is 4. The highest BCUT2D eigenvalue weighted by atomic mass is 16.3. The lowest BCUT2D eigenvalue weighted by Crippen LogP contribution is -2.29. The molecule has 0 bridgehead atoms. The van der Waals surface area contributed by atoms with E-state index in [0.29, 0.717) is 18.5 Å². The van der Waals surface area contributed by atoms with Crippen molar-refractivity contribution in [3.8, 4) is 0 Å². The quantitative estimate of drug-likeness (QED) is 0.366. The number of fused-ring (bicyclic) bond motifs is 1. The van der Waals surface area contributed by atoms with Gasteiger partial charge in [0, 0.05) is 35.6 Å². The molecule has 2 aromatic carbocycles. The van der Waals surface area contributed by atoms with Crippen molar-refractivity contribution in [2.45, 2.75) is 32.4 Å². The lowest BCUT2D eigenvalue weighted by atomic mass is 9.79. The Labute approximate surface area is 203 Å². The van der Waals surface area contributed by atoms with Crippen molar-refractivity contribution in [3.63, 3.8) is 0 Å². The molecule has 0 atom stereocenters. The number of anilines is 1. The first-order valence-corrected chi connectivity index (χ1v) is 11.7. The fourth-order valence-corrected chi connectivity index (χ4v) is 4.56. The largest absolute Gasteiger partial charge is 0.376 e. The summed E-state index contributed by atoms with van der Waals surface area (Å²) in [7, 11) is 0. The van der Waals surface area contributed by atoms with E-state index in [9.17, 15) is 9.90 Å². The number of aliphatic hydroxyl groups is 1. The number of nitrogens with one attached hydrogen (secondary N) is 1. The van der Waals surface area contributed by atoms with Gasteiger partial charge in [0.25, 0.3) is 5.91 Å². The van der Waals surface area contributed by atoms with Crippen LogP contribution in [-0.4, -0.2) is 30.2 Å². The molecule has 5 rings (SSSR count). The van der Waals surface area contributed by atoms with Crippen molar-refractivity contribution >= 4 is 17.4 Å². The number of carbonyl (C=O) groups excluding carboxylic acids is 1. The summed E-state index contributed by atoms with van der Waals surface area (Å²) >= 11 is 0. The summed E-state index contributed by atoms with van der Waals surface area (Å²) in [4.78, 5) is 17.1. The molecule has 0 unspecified atom stereocenters. The lowest BCUT2D eigenvalue weighted by Gasteiger charge is -2.30. The molecule has 7 nitrogen and oxygen atoms in total. The third-order valence-corrected chi connectivity index (χ3v) is 6.36. The molecule has 3 heterocycles. The number of pyridine rings is 1. The second-order valence-electron chi connectivity index (χ2n) is 8.40. The number of rotatable bonds is 7. The maximum atomic E-state index is 12.9. The molecule has 7 heteroatoms. The summed E-state index contributed by atoms with van der Waals surface area (Å²) in [5, 5.41) is 19.3. The number of aryl methyl sites for hydroxylation is 2. The molecular weight excluding hydrogens is 438 g/mol. The van der Waals surface area contributed by atoms with Crippen molar-refractivity contribution in [2.24, 2.45) is 0 Å².